The molecule has 2 heterocycles. The van der Waals surface area contributed by atoms with Crippen molar-refractivity contribution in [3.63, 3.8) is 0 Å². The molecule has 4 rings (SSSR count). The maximum absolute atomic E-state index is 13.6. The summed E-state index contributed by atoms with van der Waals surface area (Å²) in [5, 5.41) is 3.37. The first-order chi connectivity index (χ1) is 16.8. The molecule has 0 aliphatic rings. The second kappa shape index (κ2) is 11.8. The van der Waals surface area contributed by atoms with Crippen LogP contribution in [0, 0.1) is 5.82 Å². The Balaban J connectivity index is 0.00000361. The van der Waals surface area contributed by atoms with Crippen LogP contribution in [0.3, 0.4) is 0 Å². The van der Waals surface area contributed by atoms with Crippen LogP contribution in [0.4, 0.5) is 16.2 Å². The standard InChI is InChI=1S/C27H29FN6O.ClH/c1-33(2)22(15-18-7-5-4-6-8-18)17-31-27-32-25(20-13-14-30-23(29)16-20)24(26(35)34(27)3)19-9-11-21(28)12-10-19;/h4-14,16,22H,15,17H2,1-3H3,(H2,29,30)(H,31,32);1H/t22-;/m1./s1. The molecule has 0 aliphatic carbocycles. The fourth-order valence-corrected chi connectivity index (χ4v) is 3.97. The van der Waals surface area contributed by atoms with Crippen LogP contribution >= 0.6 is 12.4 Å². The largest absolute Gasteiger partial charge is 0.384 e. The number of halogens is 2. The average molecular weight is 509 g/mol. The fraction of sp³-hybridized carbons (Fsp3) is 0.222. The van der Waals surface area contributed by atoms with Gasteiger partial charge in [0.25, 0.3) is 5.56 Å². The van der Waals surface area contributed by atoms with Gasteiger partial charge >= 0.3 is 0 Å². The molecule has 188 valence electrons. The highest BCUT2D eigenvalue weighted by molar-refractivity contribution is 5.85. The number of hydrogen-bond acceptors (Lipinski definition) is 6. The van der Waals surface area contributed by atoms with Crippen molar-refractivity contribution in [3.05, 3.63) is 94.7 Å². The average Bonchev–Trinajstić information content (AvgIpc) is 2.85. The molecule has 0 radical (unpaired) electrons. The highest BCUT2D eigenvalue weighted by Crippen LogP contribution is 2.29. The van der Waals surface area contributed by atoms with Crippen LogP contribution in [0.5, 0.6) is 0 Å². The molecule has 4 aromatic rings. The number of nitrogens with one attached hydrogen (secondary N) is 1. The zero-order valence-electron chi connectivity index (χ0n) is 20.5. The number of benzene rings is 2. The van der Waals surface area contributed by atoms with Gasteiger partial charge in [-0.2, -0.15) is 0 Å². The van der Waals surface area contributed by atoms with Crippen LogP contribution in [-0.4, -0.2) is 46.1 Å². The number of nitrogens with two attached hydrogens (primary N) is 1. The lowest BCUT2D eigenvalue weighted by Crippen LogP contribution is -2.37. The van der Waals surface area contributed by atoms with Crippen molar-refractivity contribution in [1.29, 1.82) is 0 Å². The number of nitrogens with zero attached hydrogens (tertiary/aromatic N) is 4. The first-order valence-electron chi connectivity index (χ1n) is 11.4. The van der Waals surface area contributed by atoms with Crippen molar-refractivity contribution in [2.75, 3.05) is 31.7 Å². The van der Waals surface area contributed by atoms with Crippen molar-refractivity contribution in [2.45, 2.75) is 12.5 Å². The number of likely N-dealkylation sites (N-methyl/N-ethyl adjacent to an activating group) is 1. The third kappa shape index (κ3) is 6.08. The van der Waals surface area contributed by atoms with E-state index in [0.29, 0.717) is 40.7 Å². The molecule has 1 atom stereocenters. The van der Waals surface area contributed by atoms with E-state index in [4.69, 9.17) is 10.7 Å². The van der Waals surface area contributed by atoms with Crippen LogP contribution in [0.2, 0.25) is 0 Å². The van der Waals surface area contributed by atoms with Gasteiger partial charge in [0.1, 0.15) is 11.6 Å². The molecule has 0 amide bonds. The van der Waals surface area contributed by atoms with Gasteiger partial charge in [-0.1, -0.05) is 42.5 Å². The Hall–Kier alpha value is -3.75. The van der Waals surface area contributed by atoms with Gasteiger partial charge in [-0.3, -0.25) is 9.36 Å². The van der Waals surface area contributed by atoms with E-state index in [1.807, 2.05) is 32.3 Å². The van der Waals surface area contributed by atoms with Crippen molar-refractivity contribution < 1.29 is 4.39 Å². The minimum absolute atomic E-state index is 0. The molecule has 0 aliphatic heterocycles. The number of hydrogen-bond donors (Lipinski definition) is 2. The summed E-state index contributed by atoms with van der Waals surface area (Å²) >= 11 is 0. The molecule has 0 unspecified atom stereocenters. The Morgan fingerprint density at radius 3 is 2.39 bits per heavy atom. The quantitative estimate of drug-likeness (QED) is 0.370. The molecule has 9 heteroatoms. The van der Waals surface area contributed by atoms with Crippen molar-refractivity contribution >= 4 is 24.2 Å². The van der Waals surface area contributed by atoms with Gasteiger partial charge in [0.2, 0.25) is 5.95 Å². The molecule has 0 fully saturated rings. The van der Waals surface area contributed by atoms with Crippen molar-refractivity contribution in [1.82, 2.24) is 19.4 Å². The van der Waals surface area contributed by atoms with E-state index in [9.17, 15) is 9.18 Å². The number of pyridine rings is 1. The van der Waals surface area contributed by atoms with Gasteiger partial charge in [-0.05, 0) is 55.9 Å². The van der Waals surface area contributed by atoms with Gasteiger partial charge in [-0.15, -0.1) is 12.4 Å². The molecular formula is C27H30ClFN6O. The molecule has 3 N–H and O–H groups in total. The summed E-state index contributed by atoms with van der Waals surface area (Å²) in [6.45, 7) is 0.579. The molecule has 0 saturated carbocycles. The normalized spacial score (nSPS) is 11.7. The summed E-state index contributed by atoms with van der Waals surface area (Å²) in [5.41, 5.74) is 8.97. The Morgan fingerprint density at radius 1 is 1.06 bits per heavy atom. The first kappa shape index (κ1) is 26.8. The second-order valence-corrected chi connectivity index (χ2v) is 8.69. The Labute approximate surface area is 216 Å². The minimum Gasteiger partial charge on any atom is -0.384 e. The predicted octanol–water partition coefficient (Wildman–Crippen LogP) is 4.24. The van der Waals surface area contributed by atoms with E-state index in [1.165, 1.54) is 22.3 Å². The topological polar surface area (TPSA) is 89.1 Å². The number of rotatable bonds is 8. The van der Waals surface area contributed by atoms with Crippen LogP contribution in [0.1, 0.15) is 5.56 Å². The van der Waals surface area contributed by atoms with E-state index >= 15 is 0 Å². The minimum atomic E-state index is -0.375. The SMILES string of the molecule is CN(C)[C@@H](CNc1nc(-c2ccnc(N)c2)c(-c2ccc(F)cc2)c(=O)n1C)Cc1ccccc1.Cl. The smallest absolute Gasteiger partial charge is 0.263 e. The fourth-order valence-electron chi connectivity index (χ4n) is 3.97. The maximum Gasteiger partial charge on any atom is 0.263 e. The number of nitrogen functional groups attached to an aromatic ring is 1. The third-order valence-corrected chi connectivity index (χ3v) is 6.02. The van der Waals surface area contributed by atoms with Crippen LogP contribution in [0.15, 0.2) is 77.7 Å². The molecule has 2 aromatic carbocycles. The van der Waals surface area contributed by atoms with Gasteiger partial charge < -0.3 is 16.0 Å². The molecule has 0 saturated heterocycles. The highest BCUT2D eigenvalue weighted by atomic mass is 35.5. The Morgan fingerprint density at radius 2 is 1.75 bits per heavy atom. The van der Waals surface area contributed by atoms with Gasteiger partial charge in [0.15, 0.2) is 0 Å². The predicted molar refractivity (Wildman–Crippen MR) is 146 cm³/mol. The number of anilines is 2. The molecule has 0 bridgehead atoms. The van der Waals surface area contributed by atoms with E-state index in [2.05, 4.69) is 27.3 Å². The van der Waals surface area contributed by atoms with Crippen LogP contribution < -0.4 is 16.6 Å². The lowest BCUT2D eigenvalue weighted by Gasteiger charge is -2.26. The summed E-state index contributed by atoms with van der Waals surface area (Å²) in [5.74, 6) is 0.380. The van der Waals surface area contributed by atoms with Crippen molar-refractivity contribution in [2.24, 2.45) is 7.05 Å². The highest BCUT2D eigenvalue weighted by Gasteiger charge is 2.20. The molecule has 7 nitrogen and oxygen atoms in total. The summed E-state index contributed by atoms with van der Waals surface area (Å²) in [6.07, 6.45) is 2.42. The van der Waals surface area contributed by atoms with E-state index in [1.54, 1.807) is 37.5 Å². The third-order valence-electron chi connectivity index (χ3n) is 6.02. The zero-order valence-corrected chi connectivity index (χ0v) is 21.3. The maximum atomic E-state index is 13.6. The van der Waals surface area contributed by atoms with E-state index in [-0.39, 0.29) is 29.8 Å². The summed E-state index contributed by atoms with van der Waals surface area (Å²) in [7, 11) is 5.74. The van der Waals surface area contributed by atoms with E-state index < -0.39 is 0 Å². The molecule has 36 heavy (non-hydrogen) atoms. The van der Waals surface area contributed by atoms with Gasteiger partial charge in [0.05, 0.1) is 11.3 Å². The lowest BCUT2D eigenvalue weighted by atomic mass is 10.0. The van der Waals surface area contributed by atoms with Crippen LogP contribution in [0.25, 0.3) is 22.4 Å². The molecule has 2 aromatic heterocycles. The van der Waals surface area contributed by atoms with E-state index in [0.717, 1.165) is 6.42 Å². The Bertz CT molecular complexity index is 1360. The first-order valence-corrected chi connectivity index (χ1v) is 11.4. The van der Waals surface area contributed by atoms with Crippen molar-refractivity contribution in [3.8, 4) is 22.4 Å². The summed E-state index contributed by atoms with van der Waals surface area (Å²) in [6, 6.07) is 19.7. The van der Waals surface area contributed by atoms with Gasteiger partial charge in [-0.25, -0.2) is 14.4 Å². The Kier molecular flexibility index (Phi) is 8.79. The molecular weight excluding hydrogens is 479 g/mol. The van der Waals surface area contributed by atoms with Gasteiger partial charge in [0, 0.05) is 31.4 Å². The zero-order chi connectivity index (χ0) is 24.9. The van der Waals surface area contributed by atoms with Crippen LogP contribution in [-0.2, 0) is 13.5 Å². The summed E-state index contributed by atoms with van der Waals surface area (Å²) < 4.78 is 15.1. The monoisotopic (exact) mass is 508 g/mol. The number of aromatic nitrogens is 3. The lowest BCUT2D eigenvalue weighted by molar-refractivity contribution is 0.303. The molecule has 0 spiro atoms. The second-order valence-electron chi connectivity index (χ2n) is 8.69. The summed E-state index contributed by atoms with van der Waals surface area (Å²) in [4.78, 5) is 24.6.